The Balaban J connectivity index is 2.15. The molecule has 1 atom stereocenters. The Morgan fingerprint density at radius 3 is 2.45 bits per heavy atom. The van der Waals surface area contributed by atoms with Crippen LogP contribution in [0.25, 0.3) is 0 Å². The second-order valence-corrected chi connectivity index (χ2v) is 5.20. The Kier molecular flexibility index (Phi) is 4.34. The number of anilines is 1. The zero-order chi connectivity index (χ0) is 14.7. The number of hydrogen-bond donors (Lipinski definition) is 1. The Bertz CT molecular complexity index is 632. The summed E-state index contributed by atoms with van der Waals surface area (Å²) in [4.78, 5) is 10.3. The molecule has 0 heterocycles. The molecule has 0 spiro atoms. The van der Waals surface area contributed by atoms with Gasteiger partial charge in [0.1, 0.15) is 5.82 Å². The van der Waals surface area contributed by atoms with Crippen LogP contribution < -0.4 is 5.32 Å². The highest BCUT2D eigenvalue weighted by molar-refractivity contribution is 9.10. The molecule has 2 aromatic rings. The van der Waals surface area contributed by atoms with Gasteiger partial charge in [0.2, 0.25) is 0 Å². The van der Waals surface area contributed by atoms with Gasteiger partial charge in [-0.3, -0.25) is 10.1 Å². The molecule has 0 amide bonds. The average Bonchev–Trinajstić information content (AvgIpc) is 2.39. The minimum atomic E-state index is -0.447. The third kappa shape index (κ3) is 3.33. The quantitative estimate of drug-likeness (QED) is 0.651. The maximum Gasteiger partial charge on any atom is 0.283 e. The minimum Gasteiger partial charge on any atom is -0.378 e. The van der Waals surface area contributed by atoms with Crippen molar-refractivity contribution in [2.45, 2.75) is 13.0 Å². The molecular formula is C14H12BrFN2O2. The van der Waals surface area contributed by atoms with Gasteiger partial charge in [-0.2, -0.15) is 0 Å². The second-order valence-electron chi connectivity index (χ2n) is 4.34. The van der Waals surface area contributed by atoms with E-state index in [0.717, 1.165) is 11.3 Å². The van der Waals surface area contributed by atoms with Crippen molar-refractivity contribution in [1.82, 2.24) is 0 Å². The van der Waals surface area contributed by atoms with E-state index in [1.165, 1.54) is 18.2 Å². The van der Waals surface area contributed by atoms with Gasteiger partial charge in [-0.1, -0.05) is 12.1 Å². The SMILES string of the molecule is CC(Nc1ccc([N+](=O)[O-])c(Br)c1)c1ccc(F)cc1. The molecular weight excluding hydrogens is 327 g/mol. The van der Waals surface area contributed by atoms with E-state index >= 15 is 0 Å². The summed E-state index contributed by atoms with van der Waals surface area (Å²) < 4.78 is 13.3. The van der Waals surface area contributed by atoms with Crippen molar-refractivity contribution in [2.24, 2.45) is 0 Å². The van der Waals surface area contributed by atoms with E-state index in [4.69, 9.17) is 0 Å². The lowest BCUT2D eigenvalue weighted by Crippen LogP contribution is -2.06. The lowest BCUT2D eigenvalue weighted by molar-refractivity contribution is -0.385. The standard InChI is InChI=1S/C14H12BrFN2O2/c1-9(10-2-4-11(16)5-3-10)17-12-6-7-14(18(19)20)13(15)8-12/h2-9,17H,1H3. The van der Waals surface area contributed by atoms with Crippen molar-refractivity contribution in [3.63, 3.8) is 0 Å². The predicted octanol–water partition coefficient (Wildman–Crippen LogP) is 4.67. The summed E-state index contributed by atoms with van der Waals surface area (Å²) in [6, 6.07) is 10.9. The van der Waals surface area contributed by atoms with Crippen LogP contribution in [0, 0.1) is 15.9 Å². The molecule has 20 heavy (non-hydrogen) atoms. The molecule has 0 aliphatic rings. The highest BCUT2D eigenvalue weighted by Crippen LogP contribution is 2.29. The highest BCUT2D eigenvalue weighted by Gasteiger charge is 2.13. The highest BCUT2D eigenvalue weighted by atomic mass is 79.9. The molecule has 6 heteroatoms. The smallest absolute Gasteiger partial charge is 0.283 e. The number of rotatable bonds is 4. The molecule has 2 aromatic carbocycles. The summed E-state index contributed by atoms with van der Waals surface area (Å²) in [5.41, 5.74) is 1.70. The van der Waals surface area contributed by atoms with Gasteiger partial charge in [-0.25, -0.2) is 4.39 Å². The number of nitro groups is 1. The van der Waals surface area contributed by atoms with E-state index in [9.17, 15) is 14.5 Å². The number of halogens is 2. The second kappa shape index (κ2) is 6.00. The molecule has 0 aliphatic carbocycles. The van der Waals surface area contributed by atoms with E-state index in [1.54, 1.807) is 24.3 Å². The molecule has 2 rings (SSSR count). The Morgan fingerprint density at radius 1 is 1.25 bits per heavy atom. The maximum absolute atomic E-state index is 12.9. The van der Waals surface area contributed by atoms with Crippen LogP contribution in [0.15, 0.2) is 46.9 Å². The molecule has 0 aromatic heterocycles. The Labute approximate surface area is 123 Å². The predicted molar refractivity (Wildman–Crippen MR) is 79.2 cm³/mol. The molecule has 1 N–H and O–H groups in total. The van der Waals surface area contributed by atoms with E-state index in [0.29, 0.717) is 4.47 Å². The van der Waals surface area contributed by atoms with Gasteiger partial charge in [-0.05, 0) is 52.7 Å². The van der Waals surface area contributed by atoms with Gasteiger partial charge in [0.25, 0.3) is 5.69 Å². The fraction of sp³-hybridized carbons (Fsp3) is 0.143. The zero-order valence-corrected chi connectivity index (χ0v) is 12.2. The molecule has 0 radical (unpaired) electrons. The topological polar surface area (TPSA) is 55.2 Å². The van der Waals surface area contributed by atoms with E-state index in [1.807, 2.05) is 6.92 Å². The largest absolute Gasteiger partial charge is 0.378 e. The molecule has 0 bridgehead atoms. The van der Waals surface area contributed by atoms with Crippen LogP contribution in [-0.4, -0.2) is 4.92 Å². The average molecular weight is 339 g/mol. The monoisotopic (exact) mass is 338 g/mol. The molecule has 1 unspecified atom stereocenters. The summed E-state index contributed by atoms with van der Waals surface area (Å²) in [7, 11) is 0. The molecule has 0 aliphatic heterocycles. The minimum absolute atomic E-state index is 0.0185. The number of benzene rings is 2. The van der Waals surface area contributed by atoms with Crippen LogP contribution in [0.5, 0.6) is 0 Å². The van der Waals surface area contributed by atoms with Gasteiger partial charge in [0, 0.05) is 17.8 Å². The van der Waals surface area contributed by atoms with Gasteiger partial charge >= 0.3 is 0 Å². The molecule has 0 fully saturated rings. The van der Waals surface area contributed by atoms with Crippen LogP contribution in [0.2, 0.25) is 0 Å². The van der Waals surface area contributed by atoms with E-state index in [2.05, 4.69) is 21.2 Å². The third-order valence-corrected chi connectivity index (χ3v) is 3.53. The Hall–Kier alpha value is -1.95. The van der Waals surface area contributed by atoms with Gasteiger partial charge < -0.3 is 5.32 Å². The van der Waals surface area contributed by atoms with Crippen LogP contribution in [-0.2, 0) is 0 Å². The van der Waals surface area contributed by atoms with Gasteiger partial charge in [0.05, 0.1) is 9.40 Å². The van der Waals surface area contributed by atoms with Gasteiger partial charge in [0.15, 0.2) is 0 Å². The van der Waals surface area contributed by atoms with Crippen LogP contribution in [0.1, 0.15) is 18.5 Å². The summed E-state index contributed by atoms with van der Waals surface area (Å²) in [5.74, 6) is -0.279. The fourth-order valence-corrected chi connectivity index (χ4v) is 2.35. The van der Waals surface area contributed by atoms with Crippen molar-refractivity contribution in [3.05, 3.63) is 68.4 Å². The first-order valence-electron chi connectivity index (χ1n) is 5.93. The molecule has 0 saturated carbocycles. The number of nitrogens with one attached hydrogen (secondary N) is 1. The summed E-state index contributed by atoms with van der Waals surface area (Å²) >= 11 is 3.17. The molecule has 104 valence electrons. The van der Waals surface area contributed by atoms with Crippen molar-refractivity contribution in [2.75, 3.05) is 5.32 Å². The van der Waals surface area contributed by atoms with Crippen LogP contribution in [0.4, 0.5) is 15.8 Å². The van der Waals surface area contributed by atoms with E-state index in [-0.39, 0.29) is 17.5 Å². The van der Waals surface area contributed by atoms with E-state index < -0.39 is 4.92 Å². The normalized spacial score (nSPS) is 11.9. The fourth-order valence-electron chi connectivity index (χ4n) is 1.83. The molecule has 0 saturated heterocycles. The van der Waals surface area contributed by atoms with Crippen LogP contribution in [0.3, 0.4) is 0 Å². The first-order chi connectivity index (χ1) is 9.47. The van der Waals surface area contributed by atoms with Crippen LogP contribution >= 0.6 is 15.9 Å². The first-order valence-corrected chi connectivity index (χ1v) is 6.72. The molecule has 4 nitrogen and oxygen atoms in total. The summed E-state index contributed by atoms with van der Waals surface area (Å²) in [5, 5.41) is 13.9. The van der Waals surface area contributed by atoms with Crippen molar-refractivity contribution in [3.8, 4) is 0 Å². The van der Waals surface area contributed by atoms with Gasteiger partial charge in [-0.15, -0.1) is 0 Å². The number of nitro benzene ring substituents is 1. The van der Waals surface area contributed by atoms with Crippen molar-refractivity contribution < 1.29 is 9.31 Å². The number of nitrogens with zero attached hydrogens (tertiary/aromatic N) is 1. The van der Waals surface area contributed by atoms with Crippen molar-refractivity contribution >= 4 is 27.3 Å². The lowest BCUT2D eigenvalue weighted by Gasteiger charge is -2.16. The van der Waals surface area contributed by atoms with Crippen molar-refractivity contribution in [1.29, 1.82) is 0 Å². The summed E-state index contributed by atoms with van der Waals surface area (Å²) in [6.07, 6.45) is 0. The third-order valence-electron chi connectivity index (χ3n) is 2.90. The summed E-state index contributed by atoms with van der Waals surface area (Å²) in [6.45, 7) is 1.93. The number of hydrogen-bond acceptors (Lipinski definition) is 3. The lowest BCUT2D eigenvalue weighted by atomic mass is 10.1. The first kappa shape index (κ1) is 14.5. The maximum atomic E-state index is 12.9. The zero-order valence-electron chi connectivity index (χ0n) is 10.6. The Morgan fingerprint density at radius 2 is 1.90 bits per heavy atom.